The molecular weight excluding hydrogens is 256 g/mol. The maximum atomic E-state index is 12.4. The van der Waals surface area contributed by atoms with Crippen LogP contribution in [0.15, 0.2) is 18.2 Å². The summed E-state index contributed by atoms with van der Waals surface area (Å²) in [7, 11) is -1.35. The van der Waals surface area contributed by atoms with Crippen LogP contribution in [-0.4, -0.2) is 20.6 Å². The fraction of sp³-hybridized carbons (Fsp3) is 0.533. The summed E-state index contributed by atoms with van der Waals surface area (Å²) >= 11 is 0. The predicted molar refractivity (Wildman–Crippen MR) is 78.5 cm³/mol. The molecule has 19 heavy (non-hydrogen) atoms. The van der Waals surface area contributed by atoms with E-state index in [1.54, 1.807) is 6.92 Å². The molecule has 0 N–H and O–H groups in total. The van der Waals surface area contributed by atoms with Gasteiger partial charge >= 0.3 is 0 Å². The minimum atomic E-state index is -1.35. The third-order valence-electron chi connectivity index (χ3n) is 3.27. The van der Waals surface area contributed by atoms with E-state index in [4.69, 9.17) is 9.16 Å². The smallest absolute Gasteiger partial charge is 0.263 e. The fourth-order valence-electron chi connectivity index (χ4n) is 2.29. The molecule has 1 aromatic carbocycles. The lowest BCUT2D eigenvalue weighted by molar-refractivity contribution is -0.0564. The van der Waals surface area contributed by atoms with Crippen LogP contribution in [-0.2, 0) is 9.84 Å². The van der Waals surface area contributed by atoms with Gasteiger partial charge in [0.1, 0.15) is 5.75 Å². The monoisotopic (exact) mass is 278 g/mol. The van der Waals surface area contributed by atoms with E-state index in [2.05, 4.69) is 20.8 Å². The minimum absolute atomic E-state index is 0.0358. The Morgan fingerprint density at radius 2 is 1.89 bits per heavy atom. The molecule has 0 radical (unpaired) electrons. The first-order valence-electron chi connectivity index (χ1n) is 6.69. The van der Waals surface area contributed by atoms with E-state index in [0.717, 1.165) is 5.56 Å². The van der Waals surface area contributed by atoms with E-state index >= 15 is 0 Å². The zero-order valence-corrected chi connectivity index (χ0v) is 13.7. The molecule has 2 rings (SSSR count). The van der Waals surface area contributed by atoms with E-state index in [1.165, 1.54) is 0 Å². The highest BCUT2D eigenvalue weighted by Crippen LogP contribution is 2.38. The summed E-state index contributed by atoms with van der Waals surface area (Å²) in [6.07, 6.45) is 0. The van der Waals surface area contributed by atoms with E-state index in [0.29, 0.717) is 11.3 Å². The Morgan fingerprint density at radius 1 is 1.26 bits per heavy atom. The Labute approximate surface area is 116 Å². The predicted octanol–water partition coefficient (Wildman–Crippen LogP) is 3.28. The maximum Gasteiger partial charge on any atom is 0.263 e. The first-order chi connectivity index (χ1) is 8.63. The van der Waals surface area contributed by atoms with Crippen LogP contribution in [0, 0.1) is 0 Å². The van der Waals surface area contributed by atoms with Crippen LogP contribution in [0.1, 0.15) is 43.6 Å². The molecule has 1 aliphatic rings. The van der Waals surface area contributed by atoms with Gasteiger partial charge in [0.2, 0.25) is 5.78 Å². The first-order valence-corrected chi connectivity index (χ1v) is 9.48. The lowest BCUT2D eigenvalue weighted by atomic mass is 9.86. The zero-order valence-electron chi connectivity index (χ0n) is 12.5. The molecule has 0 aliphatic carbocycles. The van der Waals surface area contributed by atoms with Crippen molar-refractivity contribution < 1.29 is 14.0 Å². The second-order valence-corrected chi connectivity index (χ2v) is 8.84. The van der Waals surface area contributed by atoms with Crippen molar-refractivity contribution in [2.45, 2.75) is 52.0 Å². The quantitative estimate of drug-likeness (QED) is 0.779. The van der Waals surface area contributed by atoms with Crippen molar-refractivity contribution in [3.8, 4) is 5.75 Å². The molecule has 1 aliphatic heterocycles. The summed E-state index contributed by atoms with van der Waals surface area (Å²) in [5.41, 5.74) is 1.82. The van der Waals surface area contributed by atoms with Crippen molar-refractivity contribution in [1.82, 2.24) is 0 Å². The van der Waals surface area contributed by atoms with E-state index < -0.39 is 14.8 Å². The molecule has 0 saturated carbocycles. The van der Waals surface area contributed by atoms with Gasteiger partial charge < -0.3 is 9.16 Å². The third kappa shape index (κ3) is 2.60. The van der Waals surface area contributed by atoms with E-state index in [9.17, 15) is 4.79 Å². The van der Waals surface area contributed by atoms with Crippen LogP contribution in [0.25, 0.3) is 0 Å². The highest BCUT2D eigenvalue weighted by molar-refractivity contribution is 6.49. The van der Waals surface area contributed by atoms with Gasteiger partial charge in [0.25, 0.3) is 5.79 Å². The van der Waals surface area contributed by atoms with Gasteiger partial charge in [-0.15, -0.1) is 0 Å². The fourth-order valence-corrected chi connectivity index (χ4v) is 3.34. The van der Waals surface area contributed by atoms with Crippen molar-refractivity contribution in [3.05, 3.63) is 29.3 Å². The largest absolute Gasteiger partial charge is 0.455 e. The van der Waals surface area contributed by atoms with Crippen LogP contribution in [0.4, 0.5) is 0 Å². The van der Waals surface area contributed by atoms with Gasteiger partial charge in [-0.25, -0.2) is 0 Å². The molecule has 0 saturated heterocycles. The average molecular weight is 278 g/mol. The maximum absolute atomic E-state index is 12.4. The van der Waals surface area contributed by atoms with Gasteiger partial charge in [-0.2, -0.15) is 0 Å². The third-order valence-corrected chi connectivity index (χ3v) is 4.19. The van der Waals surface area contributed by atoms with Gasteiger partial charge in [0.15, 0.2) is 9.04 Å². The number of hydrogen-bond acceptors (Lipinski definition) is 3. The second-order valence-electron chi connectivity index (χ2n) is 6.50. The van der Waals surface area contributed by atoms with Gasteiger partial charge in [0.05, 0.1) is 5.56 Å². The lowest BCUT2D eigenvalue weighted by Gasteiger charge is -2.25. The number of Topliss-reactive ketones (excluding diaryl/α,β-unsaturated/α-hetero) is 1. The van der Waals surface area contributed by atoms with E-state index in [-0.39, 0.29) is 11.2 Å². The normalized spacial score (nSPS) is 22.6. The number of rotatable bonds is 2. The van der Waals surface area contributed by atoms with Crippen LogP contribution < -0.4 is 4.74 Å². The van der Waals surface area contributed by atoms with Gasteiger partial charge in [-0.3, -0.25) is 4.79 Å². The summed E-state index contributed by atoms with van der Waals surface area (Å²) in [4.78, 5) is 12.4. The Balaban J connectivity index is 2.38. The number of ether oxygens (including phenoxy) is 1. The molecule has 1 heterocycles. The molecule has 1 atom stereocenters. The molecule has 3 nitrogen and oxygen atoms in total. The van der Waals surface area contributed by atoms with Gasteiger partial charge in [-0.1, -0.05) is 26.8 Å². The number of ketones is 1. The summed E-state index contributed by atoms with van der Waals surface area (Å²) in [6.45, 7) is 12.2. The number of fused-ring (bicyclic) bond motifs is 1. The van der Waals surface area contributed by atoms with Crippen molar-refractivity contribution in [3.63, 3.8) is 0 Å². The Hall–Kier alpha value is -1.13. The molecule has 4 heteroatoms. The molecule has 0 amide bonds. The van der Waals surface area contributed by atoms with Crippen molar-refractivity contribution in [1.29, 1.82) is 0 Å². The van der Waals surface area contributed by atoms with Crippen LogP contribution in [0.5, 0.6) is 5.75 Å². The standard InChI is InChI=1S/C15H22O3Si/c1-14(2,3)10-7-8-11-12(9-10)17-15(4,13(11)16)18-19(5)6/h7-9,19H,1-6H3. The number of benzene rings is 1. The van der Waals surface area contributed by atoms with E-state index in [1.807, 2.05) is 31.3 Å². The van der Waals surface area contributed by atoms with Crippen LogP contribution in [0.3, 0.4) is 0 Å². The summed E-state index contributed by atoms with van der Waals surface area (Å²) < 4.78 is 11.6. The molecule has 0 aromatic heterocycles. The summed E-state index contributed by atoms with van der Waals surface area (Å²) in [5.74, 6) is -0.544. The minimum Gasteiger partial charge on any atom is -0.455 e. The summed E-state index contributed by atoms with van der Waals surface area (Å²) in [6, 6.07) is 5.82. The topological polar surface area (TPSA) is 35.5 Å². The van der Waals surface area contributed by atoms with Gasteiger partial charge in [0, 0.05) is 6.92 Å². The average Bonchev–Trinajstić information content (AvgIpc) is 2.48. The molecular formula is C15H22O3Si. The van der Waals surface area contributed by atoms with Crippen LogP contribution in [0.2, 0.25) is 13.1 Å². The summed E-state index contributed by atoms with van der Waals surface area (Å²) in [5, 5.41) is 0. The highest BCUT2D eigenvalue weighted by atomic mass is 28.3. The molecule has 0 spiro atoms. The Morgan fingerprint density at radius 3 is 2.42 bits per heavy atom. The zero-order chi connectivity index (χ0) is 14.4. The highest BCUT2D eigenvalue weighted by Gasteiger charge is 2.45. The van der Waals surface area contributed by atoms with Crippen LogP contribution >= 0.6 is 0 Å². The number of carbonyl (C=O) groups is 1. The lowest BCUT2D eigenvalue weighted by Crippen LogP contribution is -2.42. The number of hydrogen-bond donors (Lipinski definition) is 0. The molecule has 1 unspecified atom stereocenters. The Bertz CT molecular complexity index is 517. The number of carbonyl (C=O) groups excluding carboxylic acids is 1. The molecule has 104 valence electrons. The molecule has 0 bridgehead atoms. The molecule has 0 fully saturated rings. The van der Waals surface area contributed by atoms with Crippen molar-refractivity contribution in [2.24, 2.45) is 0 Å². The van der Waals surface area contributed by atoms with Crippen molar-refractivity contribution >= 4 is 14.8 Å². The second kappa shape index (κ2) is 4.46. The Kier molecular flexibility index (Phi) is 3.35. The SMILES string of the molecule is C[SiH](C)OC1(C)Oc2cc(C(C)(C)C)ccc2C1=O. The van der Waals surface area contributed by atoms with Crippen molar-refractivity contribution in [2.75, 3.05) is 0 Å². The molecule has 1 aromatic rings. The first kappa shape index (κ1) is 14.3. The van der Waals surface area contributed by atoms with Gasteiger partial charge in [-0.05, 0) is 36.2 Å².